The van der Waals surface area contributed by atoms with Gasteiger partial charge >= 0.3 is 10.8 Å². The Morgan fingerprint density at radius 1 is 1.48 bits per heavy atom. The Labute approximate surface area is 161 Å². The summed E-state index contributed by atoms with van der Waals surface area (Å²) in [5.74, 6) is 1.83. The standard InChI is InChI=1S/C17H16BrNO4S2/c1-2-22-13(20)6-19-16-15(25-17(19)21)14-9(8-24-16)7-23-12-4-3-10(18)5-11(12)14/h3-5,9,14H,2,6-8H2,1H3/t9-,14+/m1/s1. The third-order valence-electron chi connectivity index (χ3n) is 4.41. The van der Waals surface area contributed by atoms with E-state index in [1.54, 1.807) is 23.3 Å². The Balaban J connectivity index is 1.78. The van der Waals surface area contributed by atoms with Crippen LogP contribution in [-0.2, 0) is 16.1 Å². The number of ether oxygens (including phenoxy) is 2. The summed E-state index contributed by atoms with van der Waals surface area (Å²) in [7, 11) is 0. The SMILES string of the molecule is CCOC(=O)Cn1c2c(sc1=O)[C@@H]1c3cc(Br)ccc3OC[C@@H]1CS2. The molecule has 2 aliphatic heterocycles. The third kappa shape index (κ3) is 3.04. The summed E-state index contributed by atoms with van der Waals surface area (Å²) >= 11 is 6.41. The third-order valence-corrected chi connectivity index (χ3v) is 7.41. The number of thioether (sulfide) groups is 1. The van der Waals surface area contributed by atoms with Crippen molar-refractivity contribution in [2.75, 3.05) is 19.0 Å². The minimum absolute atomic E-state index is 0.0231. The average Bonchev–Trinajstić information content (AvgIpc) is 2.90. The van der Waals surface area contributed by atoms with E-state index in [2.05, 4.69) is 22.0 Å². The van der Waals surface area contributed by atoms with Gasteiger partial charge in [-0.15, -0.1) is 11.8 Å². The number of thiazole rings is 1. The molecule has 5 nitrogen and oxygen atoms in total. The molecule has 0 N–H and O–H groups in total. The Hall–Kier alpha value is -1.25. The molecule has 8 heteroatoms. The van der Waals surface area contributed by atoms with Crippen LogP contribution in [0.5, 0.6) is 5.75 Å². The van der Waals surface area contributed by atoms with E-state index in [0.717, 1.165) is 31.4 Å². The second kappa shape index (κ2) is 6.81. The molecule has 0 amide bonds. The van der Waals surface area contributed by atoms with Crippen molar-refractivity contribution in [1.82, 2.24) is 4.57 Å². The molecule has 0 saturated heterocycles. The van der Waals surface area contributed by atoms with Gasteiger partial charge in [-0.2, -0.15) is 0 Å². The van der Waals surface area contributed by atoms with E-state index in [1.807, 2.05) is 12.1 Å². The monoisotopic (exact) mass is 441 g/mol. The number of aromatic nitrogens is 1. The molecule has 0 fully saturated rings. The van der Waals surface area contributed by atoms with Crippen molar-refractivity contribution in [3.8, 4) is 5.75 Å². The molecular weight excluding hydrogens is 426 g/mol. The van der Waals surface area contributed by atoms with Crippen LogP contribution in [0.1, 0.15) is 23.3 Å². The average molecular weight is 442 g/mol. The van der Waals surface area contributed by atoms with Crippen LogP contribution < -0.4 is 9.61 Å². The summed E-state index contributed by atoms with van der Waals surface area (Å²) in [6, 6.07) is 6.01. The molecule has 0 saturated carbocycles. The van der Waals surface area contributed by atoms with Gasteiger partial charge in [-0.25, -0.2) is 0 Å². The van der Waals surface area contributed by atoms with Crippen LogP contribution in [0.4, 0.5) is 0 Å². The van der Waals surface area contributed by atoms with Crippen LogP contribution in [0.25, 0.3) is 0 Å². The molecule has 1 aromatic heterocycles. The second-order valence-electron chi connectivity index (χ2n) is 5.97. The van der Waals surface area contributed by atoms with E-state index in [1.165, 1.54) is 11.3 Å². The summed E-state index contributed by atoms with van der Waals surface area (Å²) in [4.78, 5) is 25.3. The second-order valence-corrected chi connectivity index (χ2v) is 8.89. The fourth-order valence-electron chi connectivity index (χ4n) is 3.35. The van der Waals surface area contributed by atoms with Crippen molar-refractivity contribution in [2.24, 2.45) is 5.92 Å². The lowest BCUT2D eigenvalue weighted by Crippen LogP contribution is -2.31. The lowest BCUT2D eigenvalue weighted by Gasteiger charge is -2.36. The van der Waals surface area contributed by atoms with Crippen molar-refractivity contribution in [3.05, 3.63) is 42.8 Å². The number of rotatable bonds is 3. The van der Waals surface area contributed by atoms with Gasteiger partial charge in [0, 0.05) is 32.5 Å². The number of nitrogens with zero attached hydrogens (tertiary/aromatic N) is 1. The number of carbonyl (C=O) groups excluding carboxylic acids is 1. The molecule has 2 aliphatic rings. The Bertz CT molecular complexity index is 891. The van der Waals surface area contributed by atoms with Crippen LogP contribution in [0.3, 0.4) is 0 Å². The Kier molecular flexibility index (Phi) is 4.68. The number of halogens is 1. The Morgan fingerprint density at radius 2 is 2.32 bits per heavy atom. The zero-order valence-corrected chi connectivity index (χ0v) is 16.7. The van der Waals surface area contributed by atoms with Gasteiger partial charge < -0.3 is 9.47 Å². The number of hydrogen-bond acceptors (Lipinski definition) is 6. The summed E-state index contributed by atoms with van der Waals surface area (Å²) in [6.07, 6.45) is 0. The molecule has 2 aromatic rings. The summed E-state index contributed by atoms with van der Waals surface area (Å²) in [5, 5.41) is 0.900. The zero-order chi connectivity index (χ0) is 17.6. The van der Waals surface area contributed by atoms with Crippen molar-refractivity contribution >= 4 is 45.0 Å². The predicted molar refractivity (Wildman–Crippen MR) is 101 cm³/mol. The highest BCUT2D eigenvalue weighted by Gasteiger charge is 2.40. The fourth-order valence-corrected chi connectivity index (χ4v) is 6.42. The minimum atomic E-state index is -0.372. The fraction of sp³-hybridized carbons (Fsp3) is 0.412. The van der Waals surface area contributed by atoms with Crippen molar-refractivity contribution in [1.29, 1.82) is 0 Å². The highest BCUT2D eigenvalue weighted by molar-refractivity contribution is 9.10. The van der Waals surface area contributed by atoms with E-state index in [0.29, 0.717) is 19.1 Å². The summed E-state index contributed by atoms with van der Waals surface area (Å²) in [6.45, 7) is 2.71. The van der Waals surface area contributed by atoms with E-state index in [4.69, 9.17) is 9.47 Å². The van der Waals surface area contributed by atoms with Gasteiger partial charge in [0.1, 0.15) is 12.3 Å². The molecule has 1 aromatic carbocycles. The number of carbonyl (C=O) groups is 1. The summed E-state index contributed by atoms with van der Waals surface area (Å²) in [5.41, 5.74) is 1.11. The summed E-state index contributed by atoms with van der Waals surface area (Å²) < 4.78 is 13.5. The zero-order valence-electron chi connectivity index (χ0n) is 13.5. The highest BCUT2D eigenvalue weighted by Crippen LogP contribution is 2.50. The van der Waals surface area contributed by atoms with Gasteiger partial charge in [-0.05, 0) is 25.1 Å². The van der Waals surface area contributed by atoms with Gasteiger partial charge in [0.25, 0.3) is 0 Å². The van der Waals surface area contributed by atoms with E-state index >= 15 is 0 Å². The first kappa shape index (κ1) is 17.2. The largest absolute Gasteiger partial charge is 0.493 e. The number of hydrogen-bond donors (Lipinski definition) is 0. The molecule has 0 bridgehead atoms. The van der Waals surface area contributed by atoms with Crippen molar-refractivity contribution in [2.45, 2.75) is 24.4 Å². The van der Waals surface area contributed by atoms with E-state index in [9.17, 15) is 9.59 Å². The van der Waals surface area contributed by atoms with Crippen molar-refractivity contribution < 1.29 is 14.3 Å². The molecule has 0 radical (unpaired) electrons. The lowest BCUT2D eigenvalue weighted by molar-refractivity contribution is -0.144. The van der Waals surface area contributed by atoms with Crippen LogP contribution in [0.2, 0.25) is 0 Å². The van der Waals surface area contributed by atoms with Crippen LogP contribution >= 0.6 is 39.0 Å². The first-order valence-electron chi connectivity index (χ1n) is 8.02. The first-order valence-corrected chi connectivity index (χ1v) is 10.6. The van der Waals surface area contributed by atoms with Crippen molar-refractivity contribution in [3.63, 3.8) is 0 Å². The van der Waals surface area contributed by atoms with Gasteiger partial charge in [-0.1, -0.05) is 27.3 Å². The lowest BCUT2D eigenvalue weighted by atomic mass is 9.84. The van der Waals surface area contributed by atoms with Gasteiger partial charge in [0.05, 0.1) is 18.2 Å². The van der Waals surface area contributed by atoms with E-state index < -0.39 is 0 Å². The van der Waals surface area contributed by atoms with Gasteiger partial charge in [0.2, 0.25) is 0 Å². The molecule has 132 valence electrons. The smallest absolute Gasteiger partial charge is 0.326 e. The maximum atomic E-state index is 12.5. The number of benzene rings is 1. The first-order chi connectivity index (χ1) is 12.1. The predicted octanol–water partition coefficient (Wildman–Crippen LogP) is 3.48. The van der Waals surface area contributed by atoms with E-state index in [-0.39, 0.29) is 23.3 Å². The maximum Gasteiger partial charge on any atom is 0.326 e. The molecule has 3 heterocycles. The molecule has 0 spiro atoms. The molecule has 25 heavy (non-hydrogen) atoms. The highest BCUT2D eigenvalue weighted by atomic mass is 79.9. The molecule has 4 rings (SSSR count). The van der Waals surface area contributed by atoms with Gasteiger partial charge in [0.15, 0.2) is 0 Å². The molecule has 0 aliphatic carbocycles. The van der Waals surface area contributed by atoms with Crippen LogP contribution in [-0.4, -0.2) is 29.5 Å². The topological polar surface area (TPSA) is 57.5 Å². The van der Waals surface area contributed by atoms with Gasteiger partial charge in [-0.3, -0.25) is 14.2 Å². The molecule has 2 atom stereocenters. The van der Waals surface area contributed by atoms with Crippen LogP contribution in [0.15, 0.2) is 32.5 Å². The molecular formula is C17H16BrNO4S2. The number of esters is 1. The Morgan fingerprint density at radius 3 is 3.12 bits per heavy atom. The normalized spacial score (nSPS) is 20.9. The maximum absolute atomic E-state index is 12.5. The minimum Gasteiger partial charge on any atom is -0.493 e. The number of fused-ring (bicyclic) bond motifs is 5. The molecule has 0 unspecified atom stereocenters. The quantitative estimate of drug-likeness (QED) is 0.682. The van der Waals surface area contributed by atoms with Crippen LogP contribution in [0, 0.1) is 5.92 Å².